The molecule has 2 aromatic heterocycles. The summed E-state index contributed by atoms with van der Waals surface area (Å²) in [6.07, 6.45) is 2.71. The molecule has 142 valence electrons. The second-order valence-corrected chi connectivity index (χ2v) is 6.73. The van der Waals surface area contributed by atoms with Crippen molar-refractivity contribution in [2.75, 3.05) is 0 Å². The lowest BCUT2D eigenvalue weighted by molar-refractivity contribution is -0.121. The van der Waals surface area contributed by atoms with Crippen molar-refractivity contribution in [1.82, 2.24) is 14.3 Å². The number of carbonyl (C=O) groups is 1. The van der Waals surface area contributed by atoms with Crippen LogP contribution in [0.1, 0.15) is 18.1 Å². The summed E-state index contributed by atoms with van der Waals surface area (Å²) >= 11 is 0. The molecule has 4 rings (SSSR count). The van der Waals surface area contributed by atoms with E-state index in [2.05, 4.69) is 12.2 Å². The number of carbonyl (C=O) groups excluding carboxylic acids is 1. The highest BCUT2D eigenvalue weighted by Crippen LogP contribution is 2.16. The molecule has 0 aliphatic carbocycles. The Labute approximate surface area is 161 Å². The fourth-order valence-corrected chi connectivity index (χ4v) is 3.38. The average Bonchev–Trinajstić information content (AvgIpc) is 3.20. The zero-order chi connectivity index (χ0) is 19.7. The molecule has 2 aromatic carbocycles. The van der Waals surface area contributed by atoms with Crippen LogP contribution in [0.15, 0.2) is 65.6 Å². The van der Waals surface area contributed by atoms with E-state index in [4.69, 9.17) is 0 Å². The highest BCUT2D eigenvalue weighted by atomic mass is 19.1. The summed E-state index contributed by atoms with van der Waals surface area (Å²) in [5, 5.41) is 2.83. The lowest BCUT2D eigenvalue weighted by Crippen LogP contribution is -2.33. The second-order valence-electron chi connectivity index (χ2n) is 6.73. The first-order valence-electron chi connectivity index (χ1n) is 9.20. The van der Waals surface area contributed by atoms with E-state index in [0.29, 0.717) is 23.1 Å². The van der Waals surface area contributed by atoms with Crippen LogP contribution in [0.4, 0.5) is 4.39 Å². The molecule has 1 N–H and O–H groups in total. The third-order valence-corrected chi connectivity index (χ3v) is 4.92. The van der Waals surface area contributed by atoms with Gasteiger partial charge in [-0.3, -0.25) is 14.2 Å². The molecule has 0 saturated heterocycles. The molecule has 0 saturated carbocycles. The standard InChI is InChI=1S/C22H20FN3O2/c1-2-15-5-7-16(8-6-15)13-24-21(27)14-26-20-12-17(23)9-10-18(20)25-11-3-4-19(25)22(26)28/h3-12H,2,13-14H2,1H3,(H,24,27). The van der Waals surface area contributed by atoms with Crippen molar-refractivity contribution in [2.45, 2.75) is 26.4 Å². The Bertz CT molecular complexity index is 1220. The van der Waals surface area contributed by atoms with Crippen LogP contribution in [0.2, 0.25) is 0 Å². The van der Waals surface area contributed by atoms with Crippen LogP contribution < -0.4 is 10.9 Å². The number of hydrogen-bond acceptors (Lipinski definition) is 2. The van der Waals surface area contributed by atoms with E-state index >= 15 is 0 Å². The minimum atomic E-state index is -0.455. The Morgan fingerprint density at radius 3 is 2.50 bits per heavy atom. The Morgan fingerprint density at radius 1 is 1.00 bits per heavy atom. The van der Waals surface area contributed by atoms with Crippen LogP contribution in [0.25, 0.3) is 16.6 Å². The predicted molar refractivity (Wildman–Crippen MR) is 107 cm³/mol. The Morgan fingerprint density at radius 2 is 1.75 bits per heavy atom. The maximum Gasteiger partial charge on any atom is 0.275 e. The molecular formula is C22H20FN3O2. The monoisotopic (exact) mass is 377 g/mol. The zero-order valence-electron chi connectivity index (χ0n) is 15.5. The summed E-state index contributed by atoms with van der Waals surface area (Å²) < 4.78 is 16.8. The van der Waals surface area contributed by atoms with E-state index in [1.807, 2.05) is 24.3 Å². The molecule has 5 nitrogen and oxygen atoms in total. The Kier molecular flexibility index (Phi) is 4.69. The van der Waals surface area contributed by atoms with Crippen molar-refractivity contribution in [3.8, 4) is 0 Å². The number of hydrogen-bond donors (Lipinski definition) is 1. The summed E-state index contributed by atoms with van der Waals surface area (Å²) in [4.78, 5) is 25.3. The lowest BCUT2D eigenvalue weighted by atomic mass is 10.1. The third kappa shape index (κ3) is 3.29. The topological polar surface area (TPSA) is 55.5 Å². The van der Waals surface area contributed by atoms with Gasteiger partial charge >= 0.3 is 0 Å². The summed E-state index contributed by atoms with van der Waals surface area (Å²) in [6.45, 7) is 2.29. The van der Waals surface area contributed by atoms with E-state index in [1.165, 1.54) is 22.3 Å². The molecule has 0 aliphatic rings. The Hall–Kier alpha value is -3.41. The van der Waals surface area contributed by atoms with Crippen LogP contribution in [-0.4, -0.2) is 14.9 Å². The van der Waals surface area contributed by atoms with E-state index < -0.39 is 5.82 Å². The van der Waals surface area contributed by atoms with Gasteiger partial charge in [0.15, 0.2) is 0 Å². The molecule has 1 amide bonds. The molecule has 0 fully saturated rings. The van der Waals surface area contributed by atoms with E-state index in [-0.39, 0.29) is 18.0 Å². The van der Waals surface area contributed by atoms with Gasteiger partial charge < -0.3 is 9.72 Å². The summed E-state index contributed by atoms with van der Waals surface area (Å²) in [7, 11) is 0. The fraction of sp³-hybridized carbons (Fsp3) is 0.182. The molecule has 0 aliphatic heterocycles. The minimum absolute atomic E-state index is 0.173. The van der Waals surface area contributed by atoms with Gasteiger partial charge in [-0.25, -0.2) is 4.39 Å². The normalized spacial score (nSPS) is 11.2. The molecule has 2 heterocycles. The van der Waals surface area contributed by atoms with Crippen molar-refractivity contribution < 1.29 is 9.18 Å². The highest BCUT2D eigenvalue weighted by molar-refractivity contribution is 5.82. The quantitative estimate of drug-likeness (QED) is 0.580. The van der Waals surface area contributed by atoms with Crippen LogP contribution in [0, 0.1) is 5.82 Å². The summed E-state index contributed by atoms with van der Waals surface area (Å²) in [5.41, 5.74) is 3.39. The SMILES string of the molecule is CCc1ccc(CNC(=O)Cn2c(=O)c3cccn3c3ccc(F)cc32)cc1. The number of amides is 1. The van der Waals surface area contributed by atoms with E-state index in [9.17, 15) is 14.0 Å². The minimum Gasteiger partial charge on any atom is -0.350 e. The number of nitrogens with zero attached hydrogens (tertiary/aromatic N) is 2. The number of nitrogens with one attached hydrogen (secondary N) is 1. The highest BCUT2D eigenvalue weighted by Gasteiger charge is 2.14. The maximum absolute atomic E-state index is 13.8. The number of fused-ring (bicyclic) bond motifs is 3. The van der Waals surface area contributed by atoms with Crippen LogP contribution in [-0.2, 0) is 24.3 Å². The molecule has 0 spiro atoms. The maximum atomic E-state index is 13.8. The lowest BCUT2D eigenvalue weighted by Gasteiger charge is -2.13. The van der Waals surface area contributed by atoms with Gasteiger partial charge in [0.2, 0.25) is 5.91 Å². The molecule has 6 heteroatoms. The fourth-order valence-electron chi connectivity index (χ4n) is 3.38. The molecule has 0 atom stereocenters. The first kappa shape index (κ1) is 18.0. The van der Waals surface area contributed by atoms with Gasteiger partial charge in [-0.05, 0) is 47.9 Å². The van der Waals surface area contributed by atoms with Gasteiger partial charge in [0, 0.05) is 12.7 Å². The average molecular weight is 377 g/mol. The zero-order valence-corrected chi connectivity index (χ0v) is 15.5. The number of aromatic nitrogens is 2. The summed E-state index contributed by atoms with van der Waals surface area (Å²) in [5.74, 6) is -0.758. The van der Waals surface area contributed by atoms with Crippen LogP contribution >= 0.6 is 0 Å². The van der Waals surface area contributed by atoms with E-state index in [1.54, 1.807) is 28.8 Å². The van der Waals surface area contributed by atoms with Gasteiger partial charge in [-0.1, -0.05) is 31.2 Å². The molecule has 0 radical (unpaired) electrons. The Balaban J connectivity index is 1.62. The largest absolute Gasteiger partial charge is 0.350 e. The summed E-state index contributed by atoms with van der Waals surface area (Å²) in [6, 6.07) is 15.7. The molecular weight excluding hydrogens is 357 g/mol. The third-order valence-electron chi connectivity index (χ3n) is 4.92. The molecule has 0 unspecified atom stereocenters. The predicted octanol–water partition coefficient (Wildman–Crippen LogP) is 3.27. The number of rotatable bonds is 5. The smallest absolute Gasteiger partial charge is 0.275 e. The molecule has 4 aromatic rings. The van der Waals surface area contributed by atoms with Crippen LogP contribution in [0.5, 0.6) is 0 Å². The van der Waals surface area contributed by atoms with Gasteiger partial charge in [0.1, 0.15) is 17.9 Å². The number of benzene rings is 2. The number of aryl methyl sites for hydroxylation is 1. The first-order valence-corrected chi connectivity index (χ1v) is 9.20. The van der Waals surface area contributed by atoms with Gasteiger partial charge in [0.25, 0.3) is 5.56 Å². The molecule has 28 heavy (non-hydrogen) atoms. The van der Waals surface area contributed by atoms with Gasteiger partial charge in [-0.2, -0.15) is 0 Å². The number of halogens is 1. The van der Waals surface area contributed by atoms with Crippen molar-refractivity contribution in [2.24, 2.45) is 0 Å². The van der Waals surface area contributed by atoms with Crippen molar-refractivity contribution in [1.29, 1.82) is 0 Å². The first-order chi connectivity index (χ1) is 13.6. The van der Waals surface area contributed by atoms with Crippen molar-refractivity contribution in [3.05, 3.63) is 88.1 Å². The van der Waals surface area contributed by atoms with Gasteiger partial charge in [0.05, 0.1) is 11.0 Å². The molecule has 0 bridgehead atoms. The van der Waals surface area contributed by atoms with E-state index in [0.717, 1.165) is 12.0 Å². The van der Waals surface area contributed by atoms with Gasteiger partial charge in [-0.15, -0.1) is 0 Å². The second kappa shape index (κ2) is 7.31. The van der Waals surface area contributed by atoms with Crippen molar-refractivity contribution >= 4 is 22.5 Å². The van der Waals surface area contributed by atoms with Crippen molar-refractivity contribution in [3.63, 3.8) is 0 Å². The van der Waals surface area contributed by atoms with Crippen LogP contribution in [0.3, 0.4) is 0 Å².